The minimum atomic E-state index is -0.487. The molecule has 0 spiro atoms. The lowest BCUT2D eigenvalue weighted by molar-refractivity contribution is -0.383. The van der Waals surface area contributed by atoms with Gasteiger partial charge in [0.25, 0.3) is 5.69 Å². The van der Waals surface area contributed by atoms with E-state index in [0.717, 1.165) is 11.3 Å². The summed E-state index contributed by atoms with van der Waals surface area (Å²) in [6.07, 6.45) is 0. The van der Waals surface area contributed by atoms with Gasteiger partial charge in [-0.2, -0.15) is 0 Å². The van der Waals surface area contributed by atoms with Gasteiger partial charge in [-0.3, -0.25) is 10.1 Å². The topological polar surface area (TPSA) is 104 Å². The highest BCUT2D eigenvalue weighted by Crippen LogP contribution is 2.30. The van der Waals surface area contributed by atoms with Crippen LogP contribution in [0, 0.1) is 17.0 Å². The van der Waals surface area contributed by atoms with Crippen molar-refractivity contribution in [1.29, 1.82) is 0 Å². The smallest absolute Gasteiger partial charge is 0.341 e. The molecule has 8 nitrogen and oxygen atoms in total. The fourth-order valence-electron chi connectivity index (χ4n) is 2.99. The molecule has 0 fully saturated rings. The Morgan fingerprint density at radius 3 is 2.68 bits per heavy atom. The molecule has 0 aliphatic heterocycles. The van der Waals surface area contributed by atoms with Gasteiger partial charge in [0.2, 0.25) is 0 Å². The van der Waals surface area contributed by atoms with Crippen LogP contribution >= 0.6 is 0 Å². The maximum atomic E-state index is 11.9. The molecule has 0 saturated carbocycles. The standard InChI is InChI=1S/C20H19N3O5/c1-12-9-16(14-5-4-6-17(23(25)26)19(14)22-12)21-11-13-7-8-18(27-2)15(10-13)20(24)28-3/h4-10H,11H2,1-3H3,(H,21,22). The van der Waals surface area contributed by atoms with E-state index in [4.69, 9.17) is 9.47 Å². The number of aryl methyl sites for hydroxylation is 1. The molecule has 0 atom stereocenters. The number of hydrogen-bond donors (Lipinski definition) is 1. The van der Waals surface area contributed by atoms with Gasteiger partial charge in [-0.25, -0.2) is 9.78 Å². The molecule has 0 aliphatic carbocycles. The summed E-state index contributed by atoms with van der Waals surface area (Å²) in [4.78, 5) is 27.1. The second-order valence-corrected chi connectivity index (χ2v) is 6.12. The summed E-state index contributed by atoms with van der Waals surface area (Å²) >= 11 is 0. The van der Waals surface area contributed by atoms with Crippen molar-refractivity contribution in [1.82, 2.24) is 4.98 Å². The van der Waals surface area contributed by atoms with Crippen molar-refractivity contribution in [2.24, 2.45) is 0 Å². The minimum Gasteiger partial charge on any atom is -0.496 e. The summed E-state index contributed by atoms with van der Waals surface area (Å²) in [6, 6.07) is 11.9. The molecule has 1 N–H and O–H groups in total. The maximum Gasteiger partial charge on any atom is 0.341 e. The Labute approximate surface area is 161 Å². The van der Waals surface area contributed by atoms with E-state index in [1.807, 2.05) is 12.1 Å². The van der Waals surface area contributed by atoms with Gasteiger partial charge in [-0.15, -0.1) is 0 Å². The zero-order valence-corrected chi connectivity index (χ0v) is 15.7. The number of para-hydroxylation sites is 1. The fourth-order valence-corrected chi connectivity index (χ4v) is 2.99. The van der Waals surface area contributed by atoms with E-state index >= 15 is 0 Å². The maximum absolute atomic E-state index is 11.9. The number of nitrogens with one attached hydrogen (secondary N) is 1. The third-order valence-electron chi connectivity index (χ3n) is 4.30. The number of hydrogen-bond acceptors (Lipinski definition) is 7. The van der Waals surface area contributed by atoms with Crippen molar-refractivity contribution in [3.8, 4) is 5.75 Å². The highest BCUT2D eigenvalue weighted by atomic mass is 16.6. The number of fused-ring (bicyclic) bond motifs is 1. The Hall–Kier alpha value is -3.68. The average Bonchev–Trinajstić information content (AvgIpc) is 2.70. The number of pyridine rings is 1. The van der Waals surface area contributed by atoms with Crippen molar-refractivity contribution in [3.05, 3.63) is 69.4 Å². The molecule has 0 radical (unpaired) electrons. The Morgan fingerprint density at radius 2 is 2.00 bits per heavy atom. The van der Waals surface area contributed by atoms with Crippen LogP contribution in [0.25, 0.3) is 10.9 Å². The monoisotopic (exact) mass is 381 g/mol. The lowest BCUT2D eigenvalue weighted by Gasteiger charge is -2.13. The van der Waals surface area contributed by atoms with E-state index in [1.54, 1.807) is 31.2 Å². The number of rotatable bonds is 6. The van der Waals surface area contributed by atoms with Gasteiger partial charge in [0.1, 0.15) is 11.3 Å². The first-order valence-electron chi connectivity index (χ1n) is 8.48. The zero-order valence-electron chi connectivity index (χ0n) is 15.7. The minimum absolute atomic E-state index is 0.0401. The number of methoxy groups -OCH3 is 2. The number of esters is 1. The number of carbonyl (C=O) groups is 1. The molecule has 0 aliphatic rings. The van der Waals surface area contributed by atoms with Crippen molar-refractivity contribution in [3.63, 3.8) is 0 Å². The number of aromatic nitrogens is 1. The van der Waals surface area contributed by atoms with Crippen LogP contribution in [0.4, 0.5) is 11.4 Å². The second-order valence-electron chi connectivity index (χ2n) is 6.12. The number of anilines is 1. The van der Waals surface area contributed by atoms with Crippen LogP contribution < -0.4 is 10.1 Å². The van der Waals surface area contributed by atoms with Crippen LogP contribution in [-0.2, 0) is 11.3 Å². The first kappa shape index (κ1) is 19.1. The summed E-state index contributed by atoms with van der Waals surface area (Å²) in [5.74, 6) is -0.0593. The van der Waals surface area contributed by atoms with Gasteiger partial charge in [0, 0.05) is 29.4 Å². The van der Waals surface area contributed by atoms with Crippen LogP contribution in [0.5, 0.6) is 5.75 Å². The predicted molar refractivity (Wildman–Crippen MR) is 105 cm³/mol. The number of nitro benzene ring substituents is 1. The summed E-state index contributed by atoms with van der Waals surface area (Å²) in [6.45, 7) is 2.18. The van der Waals surface area contributed by atoms with Crippen molar-refractivity contribution in [2.45, 2.75) is 13.5 Å². The molecule has 1 aromatic heterocycles. The van der Waals surface area contributed by atoms with E-state index in [2.05, 4.69) is 10.3 Å². The zero-order chi connectivity index (χ0) is 20.3. The summed E-state index contributed by atoms with van der Waals surface area (Å²) in [5.41, 5.74) is 2.84. The average molecular weight is 381 g/mol. The molecule has 0 saturated heterocycles. The van der Waals surface area contributed by atoms with Crippen LogP contribution in [0.3, 0.4) is 0 Å². The number of nitro groups is 1. The number of carbonyl (C=O) groups excluding carboxylic acids is 1. The van der Waals surface area contributed by atoms with Crippen LogP contribution in [0.2, 0.25) is 0 Å². The van der Waals surface area contributed by atoms with Gasteiger partial charge < -0.3 is 14.8 Å². The van der Waals surface area contributed by atoms with Gasteiger partial charge in [-0.05, 0) is 30.7 Å². The highest BCUT2D eigenvalue weighted by Gasteiger charge is 2.16. The van der Waals surface area contributed by atoms with E-state index < -0.39 is 10.9 Å². The normalized spacial score (nSPS) is 10.5. The van der Waals surface area contributed by atoms with Gasteiger partial charge >= 0.3 is 5.97 Å². The predicted octanol–water partition coefficient (Wildman–Crippen LogP) is 3.86. The lowest BCUT2D eigenvalue weighted by Crippen LogP contribution is -2.07. The Kier molecular flexibility index (Phi) is 5.39. The molecule has 2 aromatic carbocycles. The Balaban J connectivity index is 1.95. The third kappa shape index (κ3) is 3.71. The Morgan fingerprint density at radius 1 is 1.21 bits per heavy atom. The molecule has 0 unspecified atom stereocenters. The van der Waals surface area contributed by atoms with Gasteiger partial charge in [0.15, 0.2) is 5.52 Å². The summed E-state index contributed by atoms with van der Waals surface area (Å²) in [7, 11) is 2.80. The molecule has 8 heteroatoms. The fraction of sp³-hybridized carbons (Fsp3) is 0.200. The Bertz CT molecular complexity index is 1070. The third-order valence-corrected chi connectivity index (χ3v) is 4.30. The molecule has 1 heterocycles. The summed E-state index contributed by atoms with van der Waals surface area (Å²) < 4.78 is 10.00. The SMILES string of the molecule is COC(=O)c1cc(CNc2cc(C)nc3c([N+](=O)[O-])cccc23)ccc1OC. The quantitative estimate of drug-likeness (QED) is 0.393. The molecule has 144 valence electrons. The number of non-ortho nitro benzene ring substituents is 1. The highest BCUT2D eigenvalue weighted by molar-refractivity contribution is 5.96. The lowest BCUT2D eigenvalue weighted by atomic mass is 10.1. The van der Waals surface area contributed by atoms with Gasteiger partial charge in [-0.1, -0.05) is 18.2 Å². The summed E-state index contributed by atoms with van der Waals surface area (Å²) in [5, 5.41) is 15.2. The largest absolute Gasteiger partial charge is 0.496 e. The van der Waals surface area contributed by atoms with Crippen LogP contribution in [0.1, 0.15) is 21.6 Å². The number of benzene rings is 2. The van der Waals surface area contributed by atoms with Crippen molar-refractivity contribution in [2.75, 3.05) is 19.5 Å². The first-order valence-corrected chi connectivity index (χ1v) is 8.48. The van der Waals surface area contributed by atoms with E-state index in [1.165, 1.54) is 20.3 Å². The van der Waals surface area contributed by atoms with Crippen LogP contribution in [-0.4, -0.2) is 30.1 Å². The number of ether oxygens (including phenoxy) is 2. The van der Waals surface area contributed by atoms with Crippen molar-refractivity contribution < 1.29 is 19.2 Å². The van der Waals surface area contributed by atoms with Crippen molar-refractivity contribution >= 4 is 28.2 Å². The van der Waals surface area contributed by atoms with E-state index in [-0.39, 0.29) is 5.69 Å². The molecule has 0 amide bonds. The van der Waals surface area contributed by atoms with Crippen LogP contribution in [0.15, 0.2) is 42.5 Å². The molecular weight excluding hydrogens is 362 g/mol. The molecular formula is C20H19N3O5. The first-order chi connectivity index (χ1) is 13.4. The molecule has 3 rings (SSSR count). The molecule has 3 aromatic rings. The van der Waals surface area contributed by atoms with E-state index in [0.29, 0.717) is 34.5 Å². The number of nitrogens with zero attached hydrogens (tertiary/aromatic N) is 2. The second kappa shape index (κ2) is 7.91. The molecule has 28 heavy (non-hydrogen) atoms. The molecule has 0 bridgehead atoms. The van der Waals surface area contributed by atoms with Gasteiger partial charge in [0.05, 0.1) is 19.1 Å². The van der Waals surface area contributed by atoms with E-state index in [9.17, 15) is 14.9 Å².